The van der Waals surface area contributed by atoms with Crippen LogP contribution in [0, 0.1) is 0 Å². The summed E-state index contributed by atoms with van der Waals surface area (Å²) in [5.41, 5.74) is 0.681. The average molecular weight is 554 g/mol. The number of hydrogen-bond donors (Lipinski definition) is 3. The molecule has 0 amide bonds. The van der Waals surface area contributed by atoms with Crippen molar-refractivity contribution in [1.29, 1.82) is 0 Å². The predicted molar refractivity (Wildman–Crippen MR) is 137 cm³/mol. The number of halogens is 3. The third kappa shape index (κ3) is 5.48. The van der Waals surface area contributed by atoms with Crippen molar-refractivity contribution in [2.24, 2.45) is 0 Å². The van der Waals surface area contributed by atoms with Gasteiger partial charge in [-0.3, -0.25) is 0 Å². The number of hydrogen-bond acceptors (Lipinski definition) is 11. The van der Waals surface area contributed by atoms with E-state index in [0.29, 0.717) is 31.0 Å². The first-order valence-electron chi connectivity index (χ1n) is 12.1. The number of alkyl halides is 3. The summed E-state index contributed by atoms with van der Waals surface area (Å²) in [6.45, 7) is 0.921. The van der Waals surface area contributed by atoms with E-state index in [1.807, 2.05) is 15.5 Å². The van der Waals surface area contributed by atoms with Crippen molar-refractivity contribution in [3.05, 3.63) is 67.1 Å². The summed E-state index contributed by atoms with van der Waals surface area (Å²) in [6, 6.07) is 7.01. The number of fused-ring (bicyclic) bond motifs is 1. The fourth-order valence-electron chi connectivity index (χ4n) is 4.20. The number of morpholine rings is 1. The Balaban J connectivity index is 1.37. The Morgan fingerprint density at radius 2 is 1.85 bits per heavy atom. The van der Waals surface area contributed by atoms with Gasteiger partial charge in [0, 0.05) is 49.1 Å². The van der Waals surface area contributed by atoms with Crippen LogP contribution in [0.15, 0.2) is 61.6 Å². The molecule has 5 heterocycles. The molecule has 1 aliphatic heterocycles. The van der Waals surface area contributed by atoms with E-state index in [9.17, 15) is 18.3 Å². The Labute approximate surface area is 224 Å². The van der Waals surface area contributed by atoms with E-state index in [-0.39, 0.29) is 35.8 Å². The highest BCUT2D eigenvalue weighted by molar-refractivity contribution is 5.64. The van der Waals surface area contributed by atoms with Crippen LogP contribution in [0.3, 0.4) is 0 Å². The summed E-state index contributed by atoms with van der Waals surface area (Å²) in [5, 5.41) is 19.5. The Bertz CT molecular complexity index is 1620. The first-order chi connectivity index (χ1) is 19.3. The van der Waals surface area contributed by atoms with Crippen molar-refractivity contribution in [1.82, 2.24) is 39.1 Å². The summed E-state index contributed by atoms with van der Waals surface area (Å²) in [6.07, 6.45) is 2.77. The maximum atomic E-state index is 13.7. The van der Waals surface area contributed by atoms with E-state index in [2.05, 4.69) is 40.7 Å². The normalized spacial score (nSPS) is 15.9. The Morgan fingerprint density at radius 1 is 1.02 bits per heavy atom. The smallest absolute Gasteiger partial charge is 0.394 e. The third-order valence-corrected chi connectivity index (χ3v) is 6.09. The SMILES string of the molecule is OCC1CN(c2nc(Nc3cc(-n4cncn4)cc(C(F)(F)F)c3)nc(Nc3ccn4ccnc4c3)n2)CCO1. The molecule has 1 saturated heterocycles. The van der Waals surface area contributed by atoms with E-state index in [0.717, 1.165) is 12.1 Å². The van der Waals surface area contributed by atoms with Crippen LogP contribution in [0.5, 0.6) is 0 Å². The van der Waals surface area contributed by atoms with E-state index in [4.69, 9.17) is 4.74 Å². The van der Waals surface area contributed by atoms with Crippen LogP contribution in [0.2, 0.25) is 0 Å². The van der Waals surface area contributed by atoms with Gasteiger partial charge in [-0.25, -0.2) is 14.6 Å². The van der Waals surface area contributed by atoms with Crippen molar-refractivity contribution >= 4 is 34.9 Å². The second-order valence-electron chi connectivity index (χ2n) is 8.87. The molecule has 1 unspecified atom stereocenters. The molecular formula is C24H22F3N11O2. The summed E-state index contributed by atoms with van der Waals surface area (Å²) >= 11 is 0. The lowest BCUT2D eigenvalue weighted by atomic mass is 10.1. The van der Waals surface area contributed by atoms with Gasteiger partial charge in [0.15, 0.2) is 0 Å². The Kier molecular flexibility index (Phi) is 6.61. The molecule has 6 rings (SSSR count). The van der Waals surface area contributed by atoms with Crippen LogP contribution < -0.4 is 15.5 Å². The van der Waals surface area contributed by atoms with Gasteiger partial charge in [0.25, 0.3) is 0 Å². The van der Waals surface area contributed by atoms with Crippen LogP contribution in [0.1, 0.15) is 5.56 Å². The third-order valence-electron chi connectivity index (χ3n) is 6.09. The Morgan fingerprint density at radius 3 is 2.60 bits per heavy atom. The van der Waals surface area contributed by atoms with Crippen LogP contribution in [-0.4, -0.2) is 76.6 Å². The fraction of sp³-hybridized carbons (Fsp3) is 0.250. The van der Waals surface area contributed by atoms with Crippen LogP contribution in [0.25, 0.3) is 11.3 Å². The zero-order valence-electron chi connectivity index (χ0n) is 20.7. The summed E-state index contributed by atoms with van der Waals surface area (Å²) in [4.78, 5) is 23.3. The zero-order chi connectivity index (χ0) is 27.7. The molecule has 0 radical (unpaired) electrons. The average Bonchev–Trinajstić information content (AvgIpc) is 3.65. The quantitative estimate of drug-likeness (QED) is 0.274. The van der Waals surface area contributed by atoms with Crippen LogP contribution >= 0.6 is 0 Å². The number of nitrogens with zero attached hydrogens (tertiary/aromatic N) is 9. The van der Waals surface area contributed by atoms with Gasteiger partial charge >= 0.3 is 6.18 Å². The number of aromatic nitrogens is 8. The summed E-state index contributed by atoms with van der Waals surface area (Å²) < 4.78 is 49.8. The van der Waals surface area contributed by atoms with E-state index < -0.39 is 17.8 Å². The zero-order valence-corrected chi connectivity index (χ0v) is 20.7. The highest BCUT2D eigenvalue weighted by Gasteiger charge is 2.32. The summed E-state index contributed by atoms with van der Waals surface area (Å²) in [7, 11) is 0. The van der Waals surface area contributed by atoms with Crippen LogP contribution in [-0.2, 0) is 10.9 Å². The molecule has 4 aromatic heterocycles. The molecule has 1 atom stereocenters. The van der Waals surface area contributed by atoms with Gasteiger partial charge in [0.05, 0.1) is 30.6 Å². The first kappa shape index (κ1) is 25.4. The molecule has 5 aromatic rings. The maximum Gasteiger partial charge on any atom is 0.416 e. The first-order valence-corrected chi connectivity index (χ1v) is 12.1. The van der Waals surface area contributed by atoms with Crippen molar-refractivity contribution < 1.29 is 23.0 Å². The molecule has 0 spiro atoms. The molecule has 40 heavy (non-hydrogen) atoms. The predicted octanol–water partition coefficient (Wildman–Crippen LogP) is 2.80. The van der Waals surface area contributed by atoms with E-state index in [1.54, 1.807) is 24.5 Å². The highest BCUT2D eigenvalue weighted by Crippen LogP contribution is 2.33. The largest absolute Gasteiger partial charge is 0.416 e. The number of imidazole rings is 1. The molecule has 3 N–H and O–H groups in total. The molecule has 1 aromatic carbocycles. The number of aliphatic hydroxyl groups is 1. The number of pyridine rings is 1. The number of ether oxygens (including phenoxy) is 1. The molecular weight excluding hydrogens is 531 g/mol. The minimum Gasteiger partial charge on any atom is -0.394 e. The molecule has 13 nitrogen and oxygen atoms in total. The summed E-state index contributed by atoms with van der Waals surface area (Å²) in [5.74, 6) is 0.413. The van der Waals surface area contributed by atoms with Crippen molar-refractivity contribution in [2.75, 3.05) is 41.8 Å². The van der Waals surface area contributed by atoms with Gasteiger partial charge < -0.3 is 29.8 Å². The van der Waals surface area contributed by atoms with Crippen molar-refractivity contribution in [2.45, 2.75) is 12.3 Å². The van der Waals surface area contributed by atoms with Gasteiger partial charge in [-0.1, -0.05) is 0 Å². The van der Waals surface area contributed by atoms with E-state index in [1.165, 1.54) is 23.4 Å². The molecule has 0 aliphatic carbocycles. The van der Waals surface area contributed by atoms with Gasteiger partial charge in [0.2, 0.25) is 17.8 Å². The number of nitrogens with one attached hydrogen (secondary N) is 2. The second-order valence-corrected chi connectivity index (χ2v) is 8.87. The molecule has 0 bridgehead atoms. The molecule has 1 aliphatic rings. The monoisotopic (exact) mass is 553 g/mol. The maximum absolute atomic E-state index is 13.7. The topological polar surface area (TPSA) is 143 Å². The molecule has 1 fully saturated rings. The second kappa shape index (κ2) is 10.4. The lowest BCUT2D eigenvalue weighted by molar-refractivity contribution is -0.137. The van der Waals surface area contributed by atoms with Crippen molar-refractivity contribution in [3.8, 4) is 5.69 Å². The molecule has 206 valence electrons. The van der Waals surface area contributed by atoms with Crippen LogP contribution in [0.4, 0.5) is 42.4 Å². The minimum absolute atomic E-state index is 0.00490. The Hall–Kier alpha value is -4.83. The lowest BCUT2D eigenvalue weighted by Crippen LogP contribution is -2.45. The molecule has 0 saturated carbocycles. The number of rotatable bonds is 7. The van der Waals surface area contributed by atoms with Gasteiger partial charge in [-0.2, -0.15) is 33.2 Å². The van der Waals surface area contributed by atoms with Gasteiger partial charge in [0.1, 0.15) is 18.3 Å². The molecule has 16 heteroatoms. The standard InChI is InChI=1S/C24H22F3N11O2/c25-24(26,27)15-7-17(9-18(8-15)38-14-28-13-30-38)32-22-33-21(31-16-1-3-36-4-2-29-20(36)10-16)34-23(35-22)37-5-6-40-19(11-37)12-39/h1-4,7-10,13-14,19,39H,5-6,11-12H2,(H2,31,32,33,34,35). The van der Waals surface area contributed by atoms with Gasteiger partial charge in [-0.05, 0) is 24.3 Å². The van der Waals surface area contributed by atoms with Crippen molar-refractivity contribution in [3.63, 3.8) is 0 Å². The minimum atomic E-state index is -4.61. The highest BCUT2D eigenvalue weighted by atomic mass is 19.4. The lowest BCUT2D eigenvalue weighted by Gasteiger charge is -2.32. The van der Waals surface area contributed by atoms with Gasteiger partial charge in [-0.15, -0.1) is 0 Å². The fourth-order valence-corrected chi connectivity index (χ4v) is 4.20. The number of benzene rings is 1. The number of anilines is 5. The number of aliphatic hydroxyl groups excluding tert-OH is 1. The van der Waals surface area contributed by atoms with E-state index >= 15 is 0 Å².